The number of rotatable bonds is 4. The Bertz CT molecular complexity index is 1410. The SMILES string of the molecule is Cc1ccn(-c2ccc(F)cc2)c(=O)c1C(=O)N(C)Cc1nc2ccccc2c(=O)[nH]1. The summed E-state index contributed by atoms with van der Waals surface area (Å²) in [5.74, 6) is -0.612. The first-order valence-electron chi connectivity index (χ1n) is 9.57. The van der Waals surface area contributed by atoms with Gasteiger partial charge in [0, 0.05) is 18.9 Å². The maximum absolute atomic E-state index is 13.2. The number of hydrogen-bond donors (Lipinski definition) is 1. The van der Waals surface area contributed by atoms with E-state index < -0.39 is 17.3 Å². The van der Waals surface area contributed by atoms with Crippen LogP contribution in [-0.4, -0.2) is 32.4 Å². The zero-order valence-electron chi connectivity index (χ0n) is 16.9. The van der Waals surface area contributed by atoms with Crippen LogP contribution in [0.1, 0.15) is 21.7 Å². The van der Waals surface area contributed by atoms with Gasteiger partial charge in [0.05, 0.1) is 17.4 Å². The number of para-hydroxylation sites is 1. The molecule has 0 bridgehead atoms. The van der Waals surface area contributed by atoms with E-state index in [1.54, 1.807) is 43.5 Å². The van der Waals surface area contributed by atoms with Gasteiger partial charge in [-0.2, -0.15) is 0 Å². The molecule has 2 heterocycles. The van der Waals surface area contributed by atoms with Crippen LogP contribution in [0.15, 0.2) is 70.4 Å². The highest BCUT2D eigenvalue weighted by molar-refractivity contribution is 5.95. The molecule has 0 aliphatic rings. The van der Waals surface area contributed by atoms with E-state index in [2.05, 4.69) is 9.97 Å². The minimum atomic E-state index is -0.511. The fourth-order valence-corrected chi connectivity index (χ4v) is 3.39. The molecule has 0 spiro atoms. The molecule has 0 atom stereocenters. The number of aromatic nitrogens is 3. The number of pyridine rings is 1. The highest BCUT2D eigenvalue weighted by atomic mass is 19.1. The Kier molecular flexibility index (Phi) is 5.21. The Balaban J connectivity index is 1.68. The zero-order valence-corrected chi connectivity index (χ0v) is 16.9. The number of benzene rings is 2. The minimum absolute atomic E-state index is 0.00235. The molecular formula is C23H19FN4O3. The van der Waals surface area contributed by atoms with Gasteiger partial charge in [0.2, 0.25) is 0 Å². The third-order valence-electron chi connectivity index (χ3n) is 5.01. The van der Waals surface area contributed by atoms with Gasteiger partial charge < -0.3 is 9.88 Å². The second-order valence-corrected chi connectivity index (χ2v) is 7.22. The minimum Gasteiger partial charge on any atom is -0.334 e. The van der Waals surface area contributed by atoms with Crippen molar-refractivity contribution in [2.75, 3.05) is 7.05 Å². The molecule has 156 valence electrons. The lowest BCUT2D eigenvalue weighted by Gasteiger charge is -2.18. The number of H-pyrrole nitrogens is 1. The van der Waals surface area contributed by atoms with Gasteiger partial charge in [0.15, 0.2) is 0 Å². The number of hydrogen-bond acceptors (Lipinski definition) is 4. The lowest BCUT2D eigenvalue weighted by Crippen LogP contribution is -2.35. The molecule has 2 aromatic carbocycles. The van der Waals surface area contributed by atoms with Gasteiger partial charge in [-0.25, -0.2) is 9.37 Å². The Labute approximate surface area is 176 Å². The van der Waals surface area contributed by atoms with E-state index in [0.717, 1.165) is 0 Å². The quantitative estimate of drug-likeness (QED) is 0.552. The Morgan fingerprint density at radius 3 is 2.55 bits per heavy atom. The molecule has 0 radical (unpaired) electrons. The number of carbonyl (C=O) groups excluding carboxylic acids is 1. The van der Waals surface area contributed by atoms with Crippen LogP contribution in [0.5, 0.6) is 0 Å². The Morgan fingerprint density at radius 1 is 1.10 bits per heavy atom. The second kappa shape index (κ2) is 7.98. The third-order valence-corrected chi connectivity index (χ3v) is 5.01. The number of aryl methyl sites for hydroxylation is 1. The Morgan fingerprint density at radius 2 is 1.81 bits per heavy atom. The molecule has 7 nitrogen and oxygen atoms in total. The first kappa shape index (κ1) is 20.2. The lowest BCUT2D eigenvalue weighted by atomic mass is 10.1. The summed E-state index contributed by atoms with van der Waals surface area (Å²) in [7, 11) is 1.53. The molecule has 8 heteroatoms. The van der Waals surface area contributed by atoms with Crippen molar-refractivity contribution in [1.29, 1.82) is 0 Å². The lowest BCUT2D eigenvalue weighted by molar-refractivity contribution is 0.0778. The van der Waals surface area contributed by atoms with Crippen LogP contribution in [0.3, 0.4) is 0 Å². The van der Waals surface area contributed by atoms with E-state index in [-0.39, 0.29) is 17.7 Å². The summed E-state index contributed by atoms with van der Waals surface area (Å²) in [4.78, 5) is 46.8. The van der Waals surface area contributed by atoms with E-state index in [0.29, 0.717) is 28.0 Å². The standard InChI is InChI=1S/C23H19FN4O3/c1-14-11-12-28(16-9-7-15(24)8-10-16)23(31)20(14)22(30)27(2)13-19-25-18-6-4-3-5-17(18)21(29)26-19/h3-12H,13H2,1-2H3,(H,25,26,29). The highest BCUT2D eigenvalue weighted by Gasteiger charge is 2.21. The number of halogens is 1. The van der Waals surface area contributed by atoms with E-state index in [9.17, 15) is 18.8 Å². The third kappa shape index (κ3) is 3.87. The summed E-state index contributed by atoms with van der Waals surface area (Å²) < 4.78 is 14.5. The van der Waals surface area contributed by atoms with Crippen molar-refractivity contribution < 1.29 is 9.18 Å². The normalized spacial score (nSPS) is 10.9. The van der Waals surface area contributed by atoms with Gasteiger partial charge in [-0.15, -0.1) is 0 Å². The number of carbonyl (C=O) groups is 1. The maximum Gasteiger partial charge on any atom is 0.268 e. The van der Waals surface area contributed by atoms with Gasteiger partial charge >= 0.3 is 0 Å². The number of nitrogens with one attached hydrogen (secondary N) is 1. The molecule has 0 saturated heterocycles. The van der Waals surface area contributed by atoms with Crippen LogP contribution in [0.4, 0.5) is 4.39 Å². The predicted octanol–water partition coefficient (Wildman–Crippen LogP) is 2.79. The summed E-state index contributed by atoms with van der Waals surface area (Å²) >= 11 is 0. The molecule has 0 saturated carbocycles. The van der Waals surface area contributed by atoms with Gasteiger partial charge in [0.1, 0.15) is 17.2 Å². The first-order valence-corrected chi connectivity index (χ1v) is 9.57. The van der Waals surface area contributed by atoms with Gasteiger partial charge in [-0.1, -0.05) is 12.1 Å². The molecule has 2 aromatic heterocycles. The van der Waals surface area contributed by atoms with Crippen LogP contribution in [0.2, 0.25) is 0 Å². The van der Waals surface area contributed by atoms with Crippen molar-refractivity contribution in [2.45, 2.75) is 13.5 Å². The van der Waals surface area contributed by atoms with Crippen molar-refractivity contribution in [3.63, 3.8) is 0 Å². The molecule has 4 rings (SSSR count). The second-order valence-electron chi connectivity index (χ2n) is 7.22. The van der Waals surface area contributed by atoms with Gasteiger partial charge in [-0.3, -0.25) is 19.0 Å². The fourth-order valence-electron chi connectivity index (χ4n) is 3.39. The van der Waals surface area contributed by atoms with Crippen molar-refractivity contribution in [3.05, 3.63) is 104 Å². The highest BCUT2D eigenvalue weighted by Crippen LogP contribution is 2.12. The van der Waals surface area contributed by atoms with E-state index in [1.807, 2.05) is 0 Å². The molecule has 0 aliphatic heterocycles. The topological polar surface area (TPSA) is 88.1 Å². The van der Waals surface area contributed by atoms with Crippen LogP contribution in [0.25, 0.3) is 16.6 Å². The van der Waals surface area contributed by atoms with E-state index >= 15 is 0 Å². The smallest absolute Gasteiger partial charge is 0.268 e. The largest absolute Gasteiger partial charge is 0.334 e. The van der Waals surface area contributed by atoms with Crippen LogP contribution in [0, 0.1) is 12.7 Å². The number of amides is 1. The molecule has 0 aliphatic carbocycles. The van der Waals surface area contributed by atoms with E-state index in [1.165, 1.54) is 40.8 Å². The van der Waals surface area contributed by atoms with Crippen molar-refractivity contribution in [3.8, 4) is 5.69 Å². The Hall–Kier alpha value is -4.07. The van der Waals surface area contributed by atoms with Crippen LogP contribution < -0.4 is 11.1 Å². The number of fused-ring (bicyclic) bond motifs is 1. The summed E-state index contributed by atoms with van der Waals surface area (Å²) in [5, 5.41) is 0.460. The monoisotopic (exact) mass is 418 g/mol. The average Bonchev–Trinajstić information content (AvgIpc) is 2.74. The zero-order chi connectivity index (χ0) is 22.1. The van der Waals surface area contributed by atoms with Crippen molar-refractivity contribution in [1.82, 2.24) is 19.4 Å². The molecular weight excluding hydrogens is 399 g/mol. The van der Waals surface area contributed by atoms with Crippen LogP contribution in [-0.2, 0) is 6.54 Å². The molecule has 4 aromatic rings. The van der Waals surface area contributed by atoms with Gasteiger partial charge in [0.25, 0.3) is 17.0 Å². The molecule has 0 fully saturated rings. The fraction of sp³-hybridized carbons (Fsp3) is 0.130. The molecule has 0 unspecified atom stereocenters. The summed E-state index contributed by atoms with van der Waals surface area (Å²) in [5.41, 5.74) is 0.678. The van der Waals surface area contributed by atoms with Crippen LogP contribution >= 0.6 is 0 Å². The number of nitrogens with zero attached hydrogens (tertiary/aromatic N) is 3. The molecule has 31 heavy (non-hydrogen) atoms. The summed E-state index contributed by atoms with van der Waals surface area (Å²) in [6.45, 7) is 1.69. The summed E-state index contributed by atoms with van der Waals surface area (Å²) in [6.07, 6.45) is 1.55. The van der Waals surface area contributed by atoms with Crippen molar-refractivity contribution >= 4 is 16.8 Å². The summed E-state index contributed by atoms with van der Waals surface area (Å²) in [6, 6.07) is 14.0. The van der Waals surface area contributed by atoms with Crippen molar-refractivity contribution in [2.24, 2.45) is 0 Å². The van der Waals surface area contributed by atoms with Gasteiger partial charge in [-0.05, 0) is 55.0 Å². The molecule has 1 N–H and O–H groups in total. The predicted molar refractivity (Wildman–Crippen MR) is 115 cm³/mol. The first-order chi connectivity index (χ1) is 14.8. The number of aromatic amines is 1. The molecule has 1 amide bonds. The van der Waals surface area contributed by atoms with E-state index in [4.69, 9.17) is 0 Å². The average molecular weight is 418 g/mol. The maximum atomic E-state index is 13.2.